The fourth-order valence-electron chi connectivity index (χ4n) is 3.04. The summed E-state index contributed by atoms with van der Waals surface area (Å²) in [6.45, 7) is 0.582. The maximum Gasteiger partial charge on any atom is 0.354 e. The summed E-state index contributed by atoms with van der Waals surface area (Å²) in [5.74, 6) is -4.67. The van der Waals surface area contributed by atoms with E-state index in [1.54, 1.807) is 0 Å². The first-order valence-corrected chi connectivity index (χ1v) is 7.76. The van der Waals surface area contributed by atoms with Gasteiger partial charge < -0.3 is 9.84 Å². The van der Waals surface area contributed by atoms with E-state index in [9.17, 15) is 23.2 Å². The summed E-state index contributed by atoms with van der Waals surface area (Å²) in [5, 5.41) is 18.5. The average Bonchev–Trinajstić information content (AvgIpc) is 2.63. The molecular weight excluding hydrogens is 349 g/mol. The number of ether oxygens (including phenoxy) is 1. The van der Waals surface area contributed by atoms with E-state index >= 15 is 0 Å². The molecule has 0 bridgehead atoms. The molecule has 1 aromatic heterocycles. The van der Waals surface area contributed by atoms with Gasteiger partial charge in [-0.15, -0.1) is 0 Å². The highest BCUT2D eigenvalue weighted by Gasteiger charge is 2.36. The minimum Gasteiger partial charge on any atom is -0.477 e. The van der Waals surface area contributed by atoms with E-state index in [1.807, 2.05) is 0 Å². The third-order valence-electron chi connectivity index (χ3n) is 4.50. The summed E-state index contributed by atoms with van der Waals surface area (Å²) >= 11 is 0. The summed E-state index contributed by atoms with van der Waals surface area (Å²) in [7, 11) is 0. The zero-order valence-electron chi connectivity index (χ0n) is 13.4. The van der Waals surface area contributed by atoms with Crippen molar-refractivity contribution >= 4 is 5.97 Å². The molecule has 1 aliphatic heterocycles. The molecule has 0 unspecified atom stereocenters. The first kappa shape index (κ1) is 17.9. The number of nitrogens with zero attached hydrogens (tertiary/aromatic N) is 2. The van der Waals surface area contributed by atoms with Gasteiger partial charge in [0.05, 0.1) is 23.2 Å². The SMILES string of the molecule is N#CC1(c2cc(F)c(-c3cc(C(=O)O)ncc3F)c(F)c2)CCOCC1. The molecule has 2 heterocycles. The summed E-state index contributed by atoms with van der Waals surface area (Å²) in [6, 6.07) is 4.87. The number of carbonyl (C=O) groups is 1. The lowest BCUT2D eigenvalue weighted by atomic mass is 9.75. The van der Waals surface area contributed by atoms with Crippen molar-refractivity contribution in [3.8, 4) is 17.2 Å². The van der Waals surface area contributed by atoms with E-state index in [1.165, 1.54) is 0 Å². The Morgan fingerprint density at radius 1 is 1.15 bits per heavy atom. The molecular formula is C18H13F3N2O3. The van der Waals surface area contributed by atoms with Crippen molar-refractivity contribution in [1.29, 1.82) is 5.26 Å². The fourth-order valence-corrected chi connectivity index (χ4v) is 3.04. The Bertz CT molecular complexity index is 895. The second-order valence-corrected chi connectivity index (χ2v) is 5.98. The molecule has 0 aliphatic carbocycles. The Morgan fingerprint density at radius 2 is 1.77 bits per heavy atom. The van der Waals surface area contributed by atoms with Gasteiger partial charge in [0.1, 0.15) is 23.1 Å². The van der Waals surface area contributed by atoms with Gasteiger partial charge >= 0.3 is 5.97 Å². The normalized spacial score (nSPS) is 16.1. The molecule has 0 amide bonds. The number of nitriles is 1. The number of carboxylic acids is 1. The highest BCUT2D eigenvalue weighted by molar-refractivity contribution is 5.87. The van der Waals surface area contributed by atoms with Crippen LogP contribution in [0.2, 0.25) is 0 Å². The molecule has 26 heavy (non-hydrogen) atoms. The Hall–Kier alpha value is -2.92. The van der Waals surface area contributed by atoms with Crippen molar-refractivity contribution < 1.29 is 27.8 Å². The van der Waals surface area contributed by atoms with Gasteiger partial charge in [0.25, 0.3) is 0 Å². The highest BCUT2D eigenvalue weighted by atomic mass is 19.1. The van der Waals surface area contributed by atoms with Crippen LogP contribution in [0.15, 0.2) is 24.4 Å². The van der Waals surface area contributed by atoms with Crippen LogP contribution in [0.1, 0.15) is 28.9 Å². The van der Waals surface area contributed by atoms with Gasteiger partial charge in [-0.3, -0.25) is 0 Å². The van der Waals surface area contributed by atoms with E-state index in [0.717, 1.165) is 18.2 Å². The van der Waals surface area contributed by atoms with E-state index < -0.39 is 45.7 Å². The Morgan fingerprint density at radius 3 is 2.31 bits per heavy atom. The quantitative estimate of drug-likeness (QED) is 0.904. The molecule has 0 spiro atoms. The molecule has 0 radical (unpaired) electrons. The van der Waals surface area contributed by atoms with Crippen molar-refractivity contribution in [3.63, 3.8) is 0 Å². The molecule has 134 valence electrons. The van der Waals surface area contributed by atoms with Gasteiger partial charge in [0.2, 0.25) is 0 Å². The predicted molar refractivity (Wildman–Crippen MR) is 83.9 cm³/mol. The van der Waals surface area contributed by atoms with Crippen molar-refractivity contribution in [2.45, 2.75) is 18.3 Å². The van der Waals surface area contributed by atoms with Gasteiger partial charge in [-0.05, 0) is 36.6 Å². The van der Waals surface area contributed by atoms with E-state index in [4.69, 9.17) is 9.84 Å². The zero-order chi connectivity index (χ0) is 18.9. The minimum atomic E-state index is -1.45. The fraction of sp³-hybridized carbons (Fsp3) is 0.278. The molecule has 0 saturated carbocycles. The second-order valence-electron chi connectivity index (χ2n) is 5.98. The molecule has 3 rings (SSSR count). The lowest BCUT2D eigenvalue weighted by Crippen LogP contribution is -2.32. The number of hydrogen-bond donors (Lipinski definition) is 1. The van der Waals surface area contributed by atoms with Gasteiger partial charge in [-0.1, -0.05) is 0 Å². The topological polar surface area (TPSA) is 83.2 Å². The lowest BCUT2D eigenvalue weighted by molar-refractivity contribution is 0.0673. The maximum absolute atomic E-state index is 14.7. The van der Waals surface area contributed by atoms with Crippen LogP contribution in [-0.2, 0) is 10.2 Å². The minimum absolute atomic E-state index is 0.148. The second kappa shape index (κ2) is 6.77. The van der Waals surface area contributed by atoms with E-state index in [-0.39, 0.29) is 18.4 Å². The van der Waals surface area contributed by atoms with Crippen LogP contribution in [-0.4, -0.2) is 29.3 Å². The Labute approximate surface area is 146 Å². The average molecular weight is 362 g/mol. The van der Waals surface area contributed by atoms with Crippen LogP contribution in [0.3, 0.4) is 0 Å². The standard InChI is InChI=1S/C18H13F3N2O3/c19-12-5-10(18(9-22)1-3-26-4-2-18)6-13(20)16(12)11-7-15(17(24)25)23-8-14(11)21/h5-8H,1-4H2,(H,24,25). The molecule has 2 aromatic rings. The molecule has 8 heteroatoms. The van der Waals surface area contributed by atoms with E-state index in [2.05, 4.69) is 11.1 Å². The Balaban J connectivity index is 2.14. The Kier molecular flexibility index (Phi) is 4.66. The molecule has 0 atom stereocenters. The lowest BCUT2D eigenvalue weighted by Gasteiger charge is -2.31. The predicted octanol–water partition coefficient (Wildman–Crippen LogP) is 3.44. The summed E-state index contributed by atoms with van der Waals surface area (Å²) < 4.78 is 48.5. The molecule has 1 fully saturated rings. The first-order chi connectivity index (χ1) is 12.4. The first-order valence-electron chi connectivity index (χ1n) is 7.76. The molecule has 1 aromatic carbocycles. The van der Waals surface area contributed by atoms with Gasteiger partial charge in [-0.2, -0.15) is 5.26 Å². The number of benzene rings is 1. The largest absolute Gasteiger partial charge is 0.477 e. The van der Waals surface area contributed by atoms with Crippen LogP contribution in [0.5, 0.6) is 0 Å². The molecule has 5 nitrogen and oxygen atoms in total. The zero-order valence-corrected chi connectivity index (χ0v) is 13.4. The van der Waals surface area contributed by atoms with Crippen molar-refractivity contribution in [1.82, 2.24) is 4.98 Å². The smallest absolute Gasteiger partial charge is 0.354 e. The van der Waals surface area contributed by atoms with Crippen molar-refractivity contribution in [3.05, 3.63) is 53.1 Å². The van der Waals surface area contributed by atoms with Crippen LogP contribution in [0.4, 0.5) is 13.2 Å². The number of rotatable bonds is 3. The monoisotopic (exact) mass is 362 g/mol. The third-order valence-corrected chi connectivity index (χ3v) is 4.50. The number of pyridine rings is 1. The van der Waals surface area contributed by atoms with Crippen molar-refractivity contribution in [2.24, 2.45) is 0 Å². The number of halogens is 3. The molecule has 1 aliphatic rings. The van der Waals surface area contributed by atoms with Crippen LogP contribution >= 0.6 is 0 Å². The van der Waals surface area contributed by atoms with Crippen LogP contribution in [0, 0.1) is 28.8 Å². The molecule has 1 N–H and O–H groups in total. The third kappa shape index (κ3) is 3.02. The van der Waals surface area contributed by atoms with Gasteiger partial charge in [0.15, 0.2) is 0 Å². The summed E-state index contributed by atoms with van der Waals surface area (Å²) in [4.78, 5) is 14.3. The van der Waals surface area contributed by atoms with Crippen molar-refractivity contribution in [2.75, 3.05) is 13.2 Å². The number of carboxylic acid groups (broad SMARTS) is 1. The number of aromatic carboxylic acids is 1. The summed E-state index contributed by atoms with van der Waals surface area (Å²) in [5.41, 5.74) is -2.72. The highest BCUT2D eigenvalue weighted by Crippen LogP contribution is 2.38. The number of hydrogen-bond acceptors (Lipinski definition) is 4. The van der Waals surface area contributed by atoms with Gasteiger partial charge in [-0.25, -0.2) is 22.9 Å². The van der Waals surface area contributed by atoms with Crippen LogP contribution in [0.25, 0.3) is 11.1 Å². The van der Waals surface area contributed by atoms with E-state index in [0.29, 0.717) is 19.4 Å². The maximum atomic E-state index is 14.7. The van der Waals surface area contributed by atoms with Gasteiger partial charge in [0, 0.05) is 18.8 Å². The molecule has 1 saturated heterocycles. The summed E-state index contributed by atoms with van der Waals surface area (Å²) in [6.07, 6.45) is 1.17. The number of aromatic nitrogens is 1. The van der Waals surface area contributed by atoms with Crippen LogP contribution < -0.4 is 0 Å².